The molecule has 1 amide bonds. The number of carboxylic acid groups (broad SMARTS) is 1. The van der Waals surface area contributed by atoms with E-state index in [2.05, 4.69) is 9.47 Å². The molecule has 0 spiro atoms. The van der Waals surface area contributed by atoms with Crippen molar-refractivity contribution in [3.8, 4) is 0 Å². The Balaban J connectivity index is 1.62. The van der Waals surface area contributed by atoms with Gasteiger partial charge in [0.15, 0.2) is 0 Å². The number of fused-ring (bicyclic) bond motifs is 1. The molecule has 1 aromatic heterocycles. The van der Waals surface area contributed by atoms with Gasteiger partial charge in [-0.2, -0.15) is 0 Å². The van der Waals surface area contributed by atoms with Gasteiger partial charge in [-0.05, 0) is 42.7 Å². The minimum absolute atomic E-state index is 0.0312. The van der Waals surface area contributed by atoms with Crippen molar-refractivity contribution < 1.29 is 14.3 Å². The summed E-state index contributed by atoms with van der Waals surface area (Å²) in [5, 5.41) is 9.21. The fourth-order valence-electron chi connectivity index (χ4n) is 3.84. The normalized spacial score (nSPS) is 15.1. The van der Waals surface area contributed by atoms with E-state index in [0.717, 1.165) is 48.5 Å². The number of nitrogens with zero attached hydrogens (tertiary/aromatic N) is 4. The fraction of sp³-hybridized carbons (Fsp3) is 0.333. The summed E-state index contributed by atoms with van der Waals surface area (Å²) in [4.78, 5) is 19.7. The van der Waals surface area contributed by atoms with Crippen molar-refractivity contribution in [3.63, 3.8) is 0 Å². The van der Waals surface area contributed by atoms with E-state index in [4.69, 9.17) is 4.98 Å². The maximum absolute atomic E-state index is 13.3. The van der Waals surface area contributed by atoms with E-state index in [1.807, 2.05) is 24.3 Å². The van der Waals surface area contributed by atoms with Crippen molar-refractivity contribution in [2.24, 2.45) is 0 Å². The summed E-state index contributed by atoms with van der Waals surface area (Å²) in [7, 11) is 1.63. The molecule has 28 heavy (non-hydrogen) atoms. The highest BCUT2D eigenvalue weighted by Crippen LogP contribution is 2.27. The van der Waals surface area contributed by atoms with Gasteiger partial charge in [0.2, 0.25) is 5.95 Å². The van der Waals surface area contributed by atoms with Crippen molar-refractivity contribution in [1.82, 2.24) is 14.5 Å². The van der Waals surface area contributed by atoms with Gasteiger partial charge in [0, 0.05) is 26.2 Å². The predicted octanol–water partition coefficient (Wildman–Crippen LogP) is 3.80. The maximum Gasteiger partial charge on any atom is 0.407 e. The topological polar surface area (TPSA) is 61.6 Å². The number of carbonyl (C=O) groups is 1. The van der Waals surface area contributed by atoms with Gasteiger partial charge in [0.05, 0.1) is 17.6 Å². The van der Waals surface area contributed by atoms with Crippen LogP contribution in [0.1, 0.15) is 18.4 Å². The fourth-order valence-corrected chi connectivity index (χ4v) is 3.84. The van der Waals surface area contributed by atoms with Crippen LogP contribution < -0.4 is 4.90 Å². The average Bonchev–Trinajstić information content (AvgIpc) is 3.07. The molecule has 2 heterocycles. The first-order valence-electron chi connectivity index (χ1n) is 9.43. The number of hydrogen-bond donors (Lipinski definition) is 1. The molecule has 7 heteroatoms. The Morgan fingerprint density at radius 3 is 2.54 bits per heavy atom. The van der Waals surface area contributed by atoms with Gasteiger partial charge >= 0.3 is 6.09 Å². The highest BCUT2D eigenvalue weighted by atomic mass is 19.1. The second-order valence-corrected chi connectivity index (χ2v) is 7.22. The molecule has 3 aromatic rings. The van der Waals surface area contributed by atoms with Crippen molar-refractivity contribution in [1.29, 1.82) is 0 Å². The molecule has 0 saturated carbocycles. The van der Waals surface area contributed by atoms with Gasteiger partial charge in [-0.1, -0.05) is 24.3 Å². The molecule has 2 aromatic carbocycles. The molecular weight excluding hydrogens is 359 g/mol. The molecule has 0 bridgehead atoms. The third-order valence-corrected chi connectivity index (χ3v) is 5.49. The van der Waals surface area contributed by atoms with Crippen molar-refractivity contribution in [3.05, 3.63) is 59.9 Å². The van der Waals surface area contributed by atoms with Crippen LogP contribution in [0, 0.1) is 5.82 Å². The molecule has 1 saturated heterocycles. The lowest BCUT2D eigenvalue weighted by Crippen LogP contribution is -2.45. The zero-order chi connectivity index (χ0) is 19.7. The summed E-state index contributed by atoms with van der Waals surface area (Å²) in [5.41, 5.74) is 2.96. The van der Waals surface area contributed by atoms with Crippen LogP contribution in [0.5, 0.6) is 0 Å². The molecule has 4 rings (SSSR count). The Morgan fingerprint density at radius 2 is 1.86 bits per heavy atom. The maximum atomic E-state index is 13.3. The number of halogens is 1. The number of rotatable bonds is 4. The second kappa shape index (κ2) is 7.50. The summed E-state index contributed by atoms with van der Waals surface area (Å²) in [6.07, 6.45) is 0.646. The van der Waals surface area contributed by atoms with Gasteiger partial charge < -0.3 is 19.5 Å². The average molecular weight is 382 g/mol. The third-order valence-electron chi connectivity index (χ3n) is 5.49. The van der Waals surface area contributed by atoms with Crippen LogP contribution in [0.15, 0.2) is 48.5 Å². The lowest BCUT2D eigenvalue weighted by atomic mass is 10.0. The first-order valence-corrected chi connectivity index (χ1v) is 9.43. The van der Waals surface area contributed by atoms with Crippen LogP contribution in [0.25, 0.3) is 11.0 Å². The Kier molecular flexibility index (Phi) is 4.90. The standard InChI is InChI=1S/C21H23FN4O2/c1-24(21(27)28)17-10-12-25(13-11-17)20-23-18-4-2-3-5-19(18)26(20)14-15-6-8-16(22)9-7-15/h2-9,17H,10-14H2,1H3,(H,27,28). The van der Waals surface area contributed by atoms with Crippen molar-refractivity contribution in [2.45, 2.75) is 25.4 Å². The van der Waals surface area contributed by atoms with E-state index in [-0.39, 0.29) is 11.9 Å². The highest BCUT2D eigenvalue weighted by molar-refractivity contribution is 5.79. The lowest BCUT2D eigenvalue weighted by Gasteiger charge is -2.36. The number of para-hydroxylation sites is 2. The monoisotopic (exact) mass is 382 g/mol. The Labute approximate surface area is 162 Å². The molecule has 0 unspecified atom stereocenters. The Hall–Kier alpha value is -3.09. The summed E-state index contributed by atoms with van der Waals surface area (Å²) < 4.78 is 15.4. The number of hydrogen-bond acceptors (Lipinski definition) is 3. The zero-order valence-electron chi connectivity index (χ0n) is 15.8. The van der Waals surface area contributed by atoms with Crippen LogP contribution in [0.2, 0.25) is 0 Å². The van der Waals surface area contributed by atoms with Crippen molar-refractivity contribution in [2.75, 3.05) is 25.0 Å². The summed E-state index contributed by atoms with van der Waals surface area (Å²) in [5.74, 6) is 0.631. The number of aromatic nitrogens is 2. The van der Waals surface area contributed by atoms with Gasteiger partial charge in [0.25, 0.3) is 0 Å². The van der Waals surface area contributed by atoms with Crippen LogP contribution in [-0.4, -0.2) is 51.8 Å². The van der Waals surface area contributed by atoms with Gasteiger partial charge in [-0.3, -0.25) is 0 Å². The lowest BCUT2D eigenvalue weighted by molar-refractivity contribution is 0.131. The molecule has 0 atom stereocenters. The molecule has 1 N–H and O–H groups in total. The van der Waals surface area contributed by atoms with E-state index in [9.17, 15) is 14.3 Å². The summed E-state index contributed by atoms with van der Waals surface area (Å²) >= 11 is 0. The number of benzene rings is 2. The quantitative estimate of drug-likeness (QED) is 0.746. The number of anilines is 1. The van der Waals surface area contributed by atoms with E-state index >= 15 is 0 Å². The van der Waals surface area contributed by atoms with Gasteiger partial charge in [0.1, 0.15) is 5.82 Å². The van der Waals surface area contributed by atoms with Crippen LogP contribution in [0.4, 0.5) is 15.1 Å². The minimum atomic E-state index is -0.887. The summed E-state index contributed by atoms with van der Waals surface area (Å²) in [6.45, 7) is 2.09. The smallest absolute Gasteiger partial charge is 0.407 e. The van der Waals surface area contributed by atoms with E-state index < -0.39 is 6.09 Å². The molecular formula is C21H23FN4O2. The largest absolute Gasteiger partial charge is 0.465 e. The minimum Gasteiger partial charge on any atom is -0.465 e. The van der Waals surface area contributed by atoms with E-state index in [0.29, 0.717) is 6.54 Å². The number of amides is 1. The second-order valence-electron chi connectivity index (χ2n) is 7.22. The highest BCUT2D eigenvalue weighted by Gasteiger charge is 2.27. The molecule has 1 aliphatic rings. The third kappa shape index (κ3) is 3.52. The molecule has 0 aliphatic carbocycles. The Bertz CT molecular complexity index is 978. The van der Waals surface area contributed by atoms with Crippen molar-refractivity contribution >= 4 is 23.1 Å². The molecule has 0 radical (unpaired) electrons. The zero-order valence-corrected chi connectivity index (χ0v) is 15.8. The number of imidazole rings is 1. The van der Waals surface area contributed by atoms with Crippen LogP contribution in [-0.2, 0) is 6.54 Å². The predicted molar refractivity (Wildman–Crippen MR) is 106 cm³/mol. The van der Waals surface area contributed by atoms with Gasteiger partial charge in [-0.25, -0.2) is 14.2 Å². The first kappa shape index (κ1) is 18.3. The first-order chi connectivity index (χ1) is 13.5. The summed E-state index contributed by atoms with van der Waals surface area (Å²) in [6, 6.07) is 14.6. The number of piperidine rings is 1. The van der Waals surface area contributed by atoms with Crippen LogP contribution in [0.3, 0.4) is 0 Å². The van der Waals surface area contributed by atoms with Crippen LogP contribution >= 0.6 is 0 Å². The van der Waals surface area contributed by atoms with E-state index in [1.165, 1.54) is 17.0 Å². The SMILES string of the molecule is CN(C(=O)O)C1CCN(c2nc3ccccc3n2Cc2ccc(F)cc2)CC1. The van der Waals surface area contributed by atoms with Gasteiger partial charge in [-0.15, -0.1) is 0 Å². The molecule has 146 valence electrons. The Morgan fingerprint density at radius 1 is 1.18 bits per heavy atom. The molecule has 6 nitrogen and oxygen atoms in total. The molecule has 1 aliphatic heterocycles. The van der Waals surface area contributed by atoms with E-state index in [1.54, 1.807) is 19.2 Å². The molecule has 1 fully saturated rings.